The SMILES string of the molecule is CC1CC2C(=O)N(CCC(N)=O)C(=O)C2C1. The van der Waals surface area contributed by atoms with Crippen LogP contribution in [0.1, 0.15) is 26.2 Å². The lowest BCUT2D eigenvalue weighted by molar-refractivity contribution is -0.140. The van der Waals surface area contributed by atoms with E-state index in [-0.39, 0.29) is 36.6 Å². The van der Waals surface area contributed by atoms with Gasteiger partial charge in [0.15, 0.2) is 0 Å². The van der Waals surface area contributed by atoms with Crippen molar-refractivity contribution in [3.8, 4) is 0 Å². The van der Waals surface area contributed by atoms with Gasteiger partial charge in [-0.1, -0.05) is 6.92 Å². The molecule has 1 aliphatic heterocycles. The van der Waals surface area contributed by atoms with E-state index in [9.17, 15) is 14.4 Å². The van der Waals surface area contributed by atoms with E-state index in [1.54, 1.807) is 0 Å². The van der Waals surface area contributed by atoms with Crippen molar-refractivity contribution in [1.29, 1.82) is 0 Å². The number of imide groups is 1. The third kappa shape index (κ3) is 1.70. The summed E-state index contributed by atoms with van der Waals surface area (Å²) in [7, 11) is 0. The fourth-order valence-corrected chi connectivity index (χ4v) is 2.79. The lowest BCUT2D eigenvalue weighted by Crippen LogP contribution is -2.35. The smallest absolute Gasteiger partial charge is 0.233 e. The Labute approximate surface area is 94.0 Å². The highest BCUT2D eigenvalue weighted by atomic mass is 16.2. The highest BCUT2D eigenvalue weighted by molar-refractivity contribution is 6.05. The maximum atomic E-state index is 11.9. The minimum atomic E-state index is -0.481. The predicted molar refractivity (Wildman–Crippen MR) is 55.9 cm³/mol. The summed E-state index contributed by atoms with van der Waals surface area (Å²) in [5.74, 6) is -0.542. The van der Waals surface area contributed by atoms with Crippen molar-refractivity contribution in [1.82, 2.24) is 4.90 Å². The first-order chi connectivity index (χ1) is 7.50. The Hall–Kier alpha value is -1.39. The molecule has 1 saturated heterocycles. The predicted octanol–water partition coefficient (Wildman–Crippen LogP) is -0.107. The Morgan fingerprint density at radius 1 is 1.31 bits per heavy atom. The molecule has 3 amide bonds. The zero-order valence-corrected chi connectivity index (χ0v) is 9.31. The van der Waals surface area contributed by atoms with Crippen molar-refractivity contribution in [3.63, 3.8) is 0 Å². The van der Waals surface area contributed by atoms with Gasteiger partial charge in [-0.2, -0.15) is 0 Å². The highest BCUT2D eigenvalue weighted by Gasteiger charge is 2.51. The third-order valence-corrected chi connectivity index (χ3v) is 3.55. The quantitative estimate of drug-likeness (QED) is 0.679. The normalized spacial score (nSPS) is 33.3. The zero-order chi connectivity index (χ0) is 11.9. The molecule has 0 aromatic heterocycles. The van der Waals surface area contributed by atoms with Crippen molar-refractivity contribution in [3.05, 3.63) is 0 Å². The number of fused-ring (bicyclic) bond motifs is 1. The maximum absolute atomic E-state index is 11.9. The number of carbonyl (C=O) groups excluding carboxylic acids is 3. The highest BCUT2D eigenvalue weighted by Crippen LogP contribution is 2.42. The van der Waals surface area contributed by atoms with E-state index in [0.29, 0.717) is 5.92 Å². The monoisotopic (exact) mass is 224 g/mol. The number of hydrogen-bond donors (Lipinski definition) is 1. The molecule has 16 heavy (non-hydrogen) atoms. The second kappa shape index (κ2) is 3.88. The molecule has 1 aliphatic carbocycles. The average Bonchev–Trinajstić information content (AvgIpc) is 2.66. The second-order valence-electron chi connectivity index (χ2n) is 4.83. The topological polar surface area (TPSA) is 80.5 Å². The number of nitrogens with zero attached hydrogens (tertiary/aromatic N) is 1. The van der Waals surface area contributed by atoms with Gasteiger partial charge in [0.1, 0.15) is 0 Å². The van der Waals surface area contributed by atoms with Crippen LogP contribution >= 0.6 is 0 Å². The van der Waals surface area contributed by atoms with E-state index in [2.05, 4.69) is 6.92 Å². The molecule has 2 unspecified atom stereocenters. The van der Waals surface area contributed by atoms with Gasteiger partial charge in [0.05, 0.1) is 11.8 Å². The van der Waals surface area contributed by atoms with Crippen molar-refractivity contribution in [2.45, 2.75) is 26.2 Å². The third-order valence-electron chi connectivity index (χ3n) is 3.55. The van der Waals surface area contributed by atoms with Gasteiger partial charge in [0, 0.05) is 13.0 Å². The van der Waals surface area contributed by atoms with E-state index in [1.165, 1.54) is 4.90 Å². The van der Waals surface area contributed by atoms with E-state index in [4.69, 9.17) is 5.73 Å². The van der Waals surface area contributed by atoms with Crippen molar-refractivity contribution >= 4 is 17.7 Å². The van der Waals surface area contributed by atoms with E-state index in [0.717, 1.165) is 12.8 Å². The summed E-state index contributed by atoms with van der Waals surface area (Å²) in [5.41, 5.74) is 5.01. The van der Waals surface area contributed by atoms with Gasteiger partial charge in [-0.05, 0) is 18.8 Å². The van der Waals surface area contributed by atoms with Crippen LogP contribution < -0.4 is 5.73 Å². The molecule has 5 heteroatoms. The van der Waals surface area contributed by atoms with Gasteiger partial charge in [0.2, 0.25) is 17.7 Å². The Kier molecular flexibility index (Phi) is 2.69. The Morgan fingerprint density at radius 3 is 2.25 bits per heavy atom. The largest absolute Gasteiger partial charge is 0.370 e. The molecular formula is C11H16N2O3. The number of amides is 3. The average molecular weight is 224 g/mol. The molecule has 1 heterocycles. The molecule has 2 aliphatic rings. The van der Waals surface area contributed by atoms with Gasteiger partial charge in [0.25, 0.3) is 0 Å². The first-order valence-corrected chi connectivity index (χ1v) is 5.64. The van der Waals surface area contributed by atoms with Crippen LogP contribution in [0.5, 0.6) is 0 Å². The second-order valence-corrected chi connectivity index (χ2v) is 4.83. The van der Waals surface area contributed by atoms with Gasteiger partial charge >= 0.3 is 0 Å². The number of nitrogens with two attached hydrogens (primary N) is 1. The molecule has 0 aromatic rings. The van der Waals surface area contributed by atoms with Crippen molar-refractivity contribution in [2.75, 3.05) is 6.54 Å². The number of likely N-dealkylation sites (tertiary alicyclic amines) is 1. The molecule has 0 bridgehead atoms. The van der Waals surface area contributed by atoms with Crippen LogP contribution in [-0.4, -0.2) is 29.2 Å². The molecule has 2 atom stereocenters. The van der Waals surface area contributed by atoms with Gasteiger partial charge < -0.3 is 5.73 Å². The summed E-state index contributed by atoms with van der Waals surface area (Å²) < 4.78 is 0. The van der Waals surface area contributed by atoms with Gasteiger partial charge in [-0.3, -0.25) is 19.3 Å². The Bertz CT molecular complexity index is 329. The summed E-state index contributed by atoms with van der Waals surface area (Å²) in [6, 6.07) is 0. The minimum Gasteiger partial charge on any atom is -0.370 e. The summed E-state index contributed by atoms with van der Waals surface area (Å²) in [6.45, 7) is 2.21. The first kappa shape index (κ1) is 11.1. The molecule has 0 radical (unpaired) electrons. The Balaban J connectivity index is 2.05. The van der Waals surface area contributed by atoms with Crippen LogP contribution in [0.3, 0.4) is 0 Å². The number of primary amides is 1. The van der Waals surface area contributed by atoms with Crippen molar-refractivity contribution in [2.24, 2.45) is 23.5 Å². The maximum Gasteiger partial charge on any atom is 0.233 e. The van der Waals surface area contributed by atoms with Crippen LogP contribution in [-0.2, 0) is 14.4 Å². The summed E-state index contributed by atoms with van der Waals surface area (Å²) in [4.78, 5) is 35.7. The fourth-order valence-electron chi connectivity index (χ4n) is 2.79. The van der Waals surface area contributed by atoms with E-state index in [1.807, 2.05) is 0 Å². The lowest BCUT2D eigenvalue weighted by atomic mass is 10.00. The molecule has 0 aromatic carbocycles. The van der Waals surface area contributed by atoms with Crippen LogP contribution in [0.25, 0.3) is 0 Å². The molecule has 5 nitrogen and oxygen atoms in total. The van der Waals surface area contributed by atoms with E-state index >= 15 is 0 Å². The number of carbonyl (C=O) groups is 3. The lowest BCUT2D eigenvalue weighted by Gasteiger charge is -2.15. The molecule has 88 valence electrons. The first-order valence-electron chi connectivity index (χ1n) is 5.64. The van der Waals surface area contributed by atoms with Gasteiger partial charge in [-0.25, -0.2) is 0 Å². The molecule has 2 N–H and O–H groups in total. The molecule has 1 saturated carbocycles. The van der Waals surface area contributed by atoms with Crippen molar-refractivity contribution < 1.29 is 14.4 Å². The summed E-state index contributed by atoms with van der Waals surface area (Å²) in [5, 5.41) is 0. The molecule has 2 fully saturated rings. The summed E-state index contributed by atoms with van der Waals surface area (Å²) in [6.07, 6.45) is 1.65. The van der Waals surface area contributed by atoms with Crippen LogP contribution in [0.2, 0.25) is 0 Å². The Morgan fingerprint density at radius 2 is 1.81 bits per heavy atom. The van der Waals surface area contributed by atoms with Crippen LogP contribution in [0, 0.1) is 17.8 Å². The molecule has 2 rings (SSSR count). The standard InChI is InChI=1S/C11H16N2O3/c1-6-4-7-8(5-6)11(16)13(10(7)15)3-2-9(12)14/h6-8H,2-5H2,1H3,(H2,12,14). The van der Waals surface area contributed by atoms with Crippen LogP contribution in [0.4, 0.5) is 0 Å². The fraction of sp³-hybridized carbons (Fsp3) is 0.727. The molecular weight excluding hydrogens is 208 g/mol. The number of rotatable bonds is 3. The van der Waals surface area contributed by atoms with E-state index < -0.39 is 5.91 Å². The molecule has 0 spiro atoms. The number of hydrogen-bond acceptors (Lipinski definition) is 3. The van der Waals surface area contributed by atoms with Gasteiger partial charge in [-0.15, -0.1) is 0 Å². The van der Waals surface area contributed by atoms with Crippen LogP contribution in [0.15, 0.2) is 0 Å². The minimum absolute atomic E-state index is 0.0620. The zero-order valence-electron chi connectivity index (χ0n) is 9.31. The summed E-state index contributed by atoms with van der Waals surface area (Å²) >= 11 is 0.